The number of methoxy groups -OCH3 is 1. The fourth-order valence-corrected chi connectivity index (χ4v) is 6.65. The molecule has 1 aliphatic heterocycles. The Morgan fingerprint density at radius 1 is 1.09 bits per heavy atom. The fourth-order valence-electron chi connectivity index (χ4n) is 4.61. The Kier molecular flexibility index (Phi) is 6.34. The van der Waals surface area contributed by atoms with E-state index in [0.29, 0.717) is 0 Å². The first-order valence-electron chi connectivity index (χ1n) is 10.8. The second kappa shape index (κ2) is 9.39. The number of benzene rings is 3. The van der Waals surface area contributed by atoms with E-state index in [0.717, 1.165) is 34.3 Å². The van der Waals surface area contributed by atoms with Gasteiger partial charge in [0.25, 0.3) is 0 Å². The van der Waals surface area contributed by atoms with Gasteiger partial charge in [0.05, 0.1) is 23.4 Å². The van der Waals surface area contributed by atoms with Crippen LogP contribution in [0.2, 0.25) is 0 Å². The summed E-state index contributed by atoms with van der Waals surface area (Å²) in [7, 11) is 1.75. The highest BCUT2D eigenvalue weighted by atomic mass is 35.5. The number of halogens is 1. The predicted octanol–water partition coefficient (Wildman–Crippen LogP) is 3.32. The van der Waals surface area contributed by atoms with E-state index in [1.165, 1.54) is 38.0 Å². The summed E-state index contributed by atoms with van der Waals surface area (Å²) >= 11 is 3.52. The largest absolute Gasteiger partial charge is 1.00 e. The van der Waals surface area contributed by atoms with Gasteiger partial charge in [-0.15, -0.1) is 11.3 Å². The van der Waals surface area contributed by atoms with Crippen molar-refractivity contribution < 1.29 is 17.1 Å². The van der Waals surface area contributed by atoms with Crippen LogP contribution in [0.15, 0.2) is 71.1 Å². The first kappa shape index (κ1) is 22.3. The zero-order chi connectivity index (χ0) is 21.5. The number of rotatable bonds is 5. The Bertz CT molecular complexity index is 1390. The van der Waals surface area contributed by atoms with E-state index in [-0.39, 0.29) is 18.4 Å². The molecule has 0 fully saturated rings. The molecule has 3 heterocycles. The molecule has 0 aliphatic carbocycles. The van der Waals surface area contributed by atoms with E-state index in [4.69, 9.17) is 9.72 Å². The Morgan fingerprint density at radius 2 is 1.94 bits per heavy atom. The SMILES string of the molecule is COc1ccc(C2NCCc3c2[nH]c2ccccc32)cc1CSc1nc2ccccc2s1.[Cl-]. The second-order valence-corrected chi connectivity index (χ2v) is 10.3. The lowest BCUT2D eigenvalue weighted by atomic mass is 9.93. The average molecular weight is 493 g/mol. The van der Waals surface area contributed by atoms with Crippen LogP contribution < -0.4 is 22.5 Å². The van der Waals surface area contributed by atoms with Crippen molar-refractivity contribution in [3.05, 3.63) is 89.1 Å². The van der Waals surface area contributed by atoms with Crippen LogP contribution in [0.3, 0.4) is 0 Å². The minimum atomic E-state index is 0. The number of hydrogen-bond acceptors (Lipinski definition) is 5. The number of para-hydroxylation sites is 2. The van der Waals surface area contributed by atoms with E-state index in [1.54, 1.807) is 30.2 Å². The number of hydrogen-bond donors (Lipinski definition) is 2. The van der Waals surface area contributed by atoms with Crippen molar-refractivity contribution in [2.75, 3.05) is 13.7 Å². The predicted molar refractivity (Wildman–Crippen MR) is 134 cm³/mol. The highest BCUT2D eigenvalue weighted by Crippen LogP contribution is 2.37. The minimum Gasteiger partial charge on any atom is -1.00 e. The maximum absolute atomic E-state index is 5.69. The standard InChI is InChI=1S/C26H23N3OS2.ClH/c1-30-22-11-10-16(14-17(22)15-31-26-29-21-8-4-5-9-23(21)32-26)24-25-19(12-13-27-24)18-6-2-3-7-20(18)28-25;/h2-11,14,24,27-28H,12-13,15H2,1H3;1H/p-1. The topological polar surface area (TPSA) is 49.9 Å². The molecular formula is C26H23ClN3OS2-. The highest BCUT2D eigenvalue weighted by Gasteiger charge is 2.25. The average Bonchev–Trinajstić information content (AvgIpc) is 3.43. The zero-order valence-corrected chi connectivity index (χ0v) is 20.5. The molecule has 3 aromatic carbocycles. The lowest BCUT2D eigenvalue weighted by molar-refractivity contribution is -0.00000653. The van der Waals surface area contributed by atoms with Crippen molar-refractivity contribution in [2.24, 2.45) is 0 Å². The summed E-state index contributed by atoms with van der Waals surface area (Å²) in [6.07, 6.45) is 1.05. The summed E-state index contributed by atoms with van der Waals surface area (Å²) in [4.78, 5) is 8.45. The number of fused-ring (bicyclic) bond motifs is 4. The van der Waals surface area contributed by atoms with Gasteiger partial charge >= 0.3 is 0 Å². The number of aromatic nitrogens is 2. The van der Waals surface area contributed by atoms with Crippen molar-refractivity contribution >= 4 is 44.2 Å². The third-order valence-corrected chi connectivity index (χ3v) is 8.35. The first-order chi connectivity index (χ1) is 15.8. The van der Waals surface area contributed by atoms with E-state index in [9.17, 15) is 0 Å². The van der Waals surface area contributed by atoms with Crippen LogP contribution in [0.5, 0.6) is 5.75 Å². The van der Waals surface area contributed by atoms with Crippen molar-refractivity contribution in [2.45, 2.75) is 22.6 Å². The van der Waals surface area contributed by atoms with Crippen LogP contribution in [-0.2, 0) is 12.2 Å². The summed E-state index contributed by atoms with van der Waals surface area (Å²) in [5, 5.41) is 5.06. The summed E-state index contributed by atoms with van der Waals surface area (Å²) in [5.41, 5.74) is 7.46. The number of thiazole rings is 1. The Labute approximate surface area is 207 Å². The molecule has 0 spiro atoms. The summed E-state index contributed by atoms with van der Waals surface area (Å²) in [5.74, 6) is 1.75. The minimum absolute atomic E-state index is 0. The molecule has 0 radical (unpaired) electrons. The lowest BCUT2D eigenvalue weighted by Gasteiger charge is -2.25. The molecule has 1 atom stereocenters. The summed E-state index contributed by atoms with van der Waals surface area (Å²) in [6, 6.07) is 23.6. The number of ether oxygens (including phenoxy) is 1. The van der Waals surface area contributed by atoms with Gasteiger partial charge in [-0.25, -0.2) is 4.98 Å². The van der Waals surface area contributed by atoms with Crippen LogP contribution in [-0.4, -0.2) is 23.6 Å². The van der Waals surface area contributed by atoms with Gasteiger partial charge in [0.15, 0.2) is 4.34 Å². The van der Waals surface area contributed by atoms with E-state index in [2.05, 4.69) is 71.0 Å². The molecule has 33 heavy (non-hydrogen) atoms. The van der Waals surface area contributed by atoms with Crippen LogP contribution in [0.1, 0.15) is 28.4 Å². The fraction of sp³-hybridized carbons (Fsp3) is 0.192. The van der Waals surface area contributed by atoms with Crippen molar-refractivity contribution in [1.29, 1.82) is 0 Å². The third kappa shape index (κ3) is 4.13. The number of nitrogens with zero attached hydrogens (tertiary/aromatic N) is 1. The summed E-state index contributed by atoms with van der Waals surface area (Å²) in [6.45, 7) is 0.974. The number of thioether (sulfide) groups is 1. The quantitative estimate of drug-likeness (QED) is 0.370. The van der Waals surface area contributed by atoms with Gasteiger partial charge in [0.2, 0.25) is 0 Å². The molecule has 7 heteroatoms. The van der Waals surface area contributed by atoms with E-state index >= 15 is 0 Å². The third-order valence-electron chi connectivity index (χ3n) is 6.12. The van der Waals surface area contributed by atoms with Gasteiger partial charge < -0.3 is 27.4 Å². The van der Waals surface area contributed by atoms with Gasteiger partial charge in [-0.3, -0.25) is 0 Å². The number of aromatic amines is 1. The van der Waals surface area contributed by atoms with Gasteiger partial charge in [0, 0.05) is 34.5 Å². The van der Waals surface area contributed by atoms with Crippen LogP contribution in [0, 0.1) is 0 Å². The molecule has 0 saturated carbocycles. The van der Waals surface area contributed by atoms with E-state index < -0.39 is 0 Å². The smallest absolute Gasteiger partial charge is 0.151 e. The maximum Gasteiger partial charge on any atom is 0.151 e. The number of H-pyrrole nitrogens is 1. The molecule has 168 valence electrons. The van der Waals surface area contributed by atoms with Crippen LogP contribution in [0.4, 0.5) is 0 Å². The van der Waals surface area contributed by atoms with Crippen molar-refractivity contribution in [1.82, 2.24) is 15.3 Å². The van der Waals surface area contributed by atoms with Crippen LogP contribution >= 0.6 is 23.1 Å². The molecule has 0 bridgehead atoms. The lowest BCUT2D eigenvalue weighted by Crippen LogP contribution is -3.00. The maximum atomic E-state index is 5.69. The zero-order valence-electron chi connectivity index (χ0n) is 18.1. The Morgan fingerprint density at radius 3 is 2.82 bits per heavy atom. The normalized spacial score (nSPS) is 15.4. The van der Waals surface area contributed by atoms with Gasteiger partial charge in [0.1, 0.15) is 5.75 Å². The molecule has 4 nitrogen and oxygen atoms in total. The van der Waals surface area contributed by atoms with Crippen molar-refractivity contribution in [3.8, 4) is 5.75 Å². The first-order valence-corrected chi connectivity index (χ1v) is 12.6. The molecule has 1 aliphatic rings. The molecule has 0 amide bonds. The second-order valence-electron chi connectivity index (χ2n) is 8.01. The Hall–Kier alpha value is -2.51. The number of nitrogens with one attached hydrogen (secondary N) is 2. The van der Waals surface area contributed by atoms with Gasteiger partial charge in [-0.1, -0.05) is 48.2 Å². The van der Waals surface area contributed by atoms with Gasteiger partial charge in [-0.2, -0.15) is 0 Å². The molecule has 1 unspecified atom stereocenters. The molecule has 2 aromatic heterocycles. The van der Waals surface area contributed by atoms with Crippen molar-refractivity contribution in [3.63, 3.8) is 0 Å². The molecule has 5 aromatic rings. The van der Waals surface area contributed by atoms with E-state index in [1.807, 2.05) is 6.07 Å². The molecular weight excluding hydrogens is 470 g/mol. The monoisotopic (exact) mass is 492 g/mol. The van der Waals surface area contributed by atoms with Crippen LogP contribution in [0.25, 0.3) is 21.1 Å². The summed E-state index contributed by atoms with van der Waals surface area (Å²) < 4.78 is 8.01. The molecule has 6 rings (SSSR count). The highest BCUT2D eigenvalue weighted by molar-refractivity contribution is 8.00. The van der Waals surface area contributed by atoms with Gasteiger partial charge in [-0.05, 0) is 47.9 Å². The molecule has 0 saturated heterocycles. The Balaban J connectivity index is 0.00000228. The molecule has 2 N–H and O–H groups in total.